The van der Waals surface area contributed by atoms with Gasteiger partial charge in [0, 0.05) is 23.7 Å². The summed E-state index contributed by atoms with van der Waals surface area (Å²) in [6.45, 7) is 3.80. The average Bonchev–Trinajstić information content (AvgIpc) is 2.30. The predicted octanol–water partition coefficient (Wildman–Crippen LogP) is 3.65. The Balaban J connectivity index is 2.78. The van der Waals surface area contributed by atoms with Crippen LogP contribution in [0.25, 0.3) is 10.9 Å². The predicted molar refractivity (Wildman–Crippen MR) is 75.1 cm³/mol. The molecule has 19 heavy (non-hydrogen) atoms. The maximum atomic E-state index is 13.5. The van der Waals surface area contributed by atoms with Gasteiger partial charge in [-0.25, -0.2) is 9.18 Å². The second kappa shape index (κ2) is 5.13. The molecular formula is C13H12BrFN2O2. The van der Waals surface area contributed by atoms with Crippen LogP contribution in [0.4, 0.5) is 10.1 Å². The third-order valence-corrected chi connectivity index (χ3v) is 3.18. The number of nitrogens with one attached hydrogen (secondary N) is 1. The minimum Gasteiger partial charge on any atom is -0.478 e. The van der Waals surface area contributed by atoms with E-state index < -0.39 is 11.8 Å². The Bertz CT molecular complexity index is 659. The molecule has 0 aliphatic carbocycles. The summed E-state index contributed by atoms with van der Waals surface area (Å²) in [4.78, 5) is 15.2. The third kappa shape index (κ3) is 2.68. The molecule has 2 N–H and O–H groups in total. The molecule has 0 fully saturated rings. The quantitative estimate of drug-likeness (QED) is 0.903. The molecule has 0 aliphatic rings. The summed E-state index contributed by atoms with van der Waals surface area (Å²) >= 11 is 3.10. The van der Waals surface area contributed by atoms with Gasteiger partial charge in [-0.1, -0.05) is 0 Å². The van der Waals surface area contributed by atoms with Crippen molar-refractivity contribution in [1.29, 1.82) is 0 Å². The fourth-order valence-electron chi connectivity index (χ4n) is 1.79. The number of aromatic nitrogens is 1. The van der Waals surface area contributed by atoms with Crippen molar-refractivity contribution in [3.63, 3.8) is 0 Å². The highest BCUT2D eigenvalue weighted by Crippen LogP contribution is 2.30. The molecule has 1 heterocycles. The number of rotatable bonds is 3. The van der Waals surface area contributed by atoms with Crippen LogP contribution < -0.4 is 5.32 Å². The van der Waals surface area contributed by atoms with Gasteiger partial charge in [0.2, 0.25) is 0 Å². The number of aromatic carboxylic acids is 1. The van der Waals surface area contributed by atoms with Crippen LogP contribution in [0, 0.1) is 5.82 Å². The Hall–Kier alpha value is -1.69. The molecular weight excluding hydrogens is 315 g/mol. The Morgan fingerprint density at radius 2 is 2.16 bits per heavy atom. The maximum absolute atomic E-state index is 13.5. The highest BCUT2D eigenvalue weighted by molar-refractivity contribution is 9.10. The van der Waals surface area contributed by atoms with Gasteiger partial charge in [-0.05, 0) is 35.8 Å². The first-order chi connectivity index (χ1) is 8.90. The standard InChI is InChI=1S/C13H12BrFN2O2/c1-6(2)17-12-7-3-9(14)10(15)4-11(7)16-5-8(12)13(18)19/h3-6H,1-2H3,(H,16,17)(H,18,19). The highest BCUT2D eigenvalue weighted by atomic mass is 79.9. The minimum atomic E-state index is -1.07. The average molecular weight is 327 g/mol. The van der Waals surface area contributed by atoms with E-state index in [2.05, 4.69) is 26.2 Å². The number of fused-ring (bicyclic) bond motifs is 1. The lowest BCUT2D eigenvalue weighted by Gasteiger charge is -2.15. The third-order valence-electron chi connectivity index (χ3n) is 2.57. The van der Waals surface area contributed by atoms with Gasteiger partial charge in [0.15, 0.2) is 0 Å². The Kier molecular flexibility index (Phi) is 3.71. The highest BCUT2D eigenvalue weighted by Gasteiger charge is 2.16. The summed E-state index contributed by atoms with van der Waals surface area (Å²) in [5, 5.41) is 12.8. The molecule has 0 amide bonds. The van der Waals surface area contributed by atoms with Crippen molar-refractivity contribution in [3.05, 3.63) is 34.2 Å². The number of anilines is 1. The van der Waals surface area contributed by atoms with Crippen molar-refractivity contribution >= 4 is 38.5 Å². The fourth-order valence-corrected chi connectivity index (χ4v) is 2.14. The minimum absolute atomic E-state index is 0.0486. The molecule has 4 nitrogen and oxygen atoms in total. The molecule has 0 radical (unpaired) electrons. The van der Waals surface area contributed by atoms with Gasteiger partial charge < -0.3 is 10.4 Å². The maximum Gasteiger partial charge on any atom is 0.339 e. The summed E-state index contributed by atoms with van der Waals surface area (Å²) in [7, 11) is 0. The summed E-state index contributed by atoms with van der Waals surface area (Å²) < 4.78 is 13.8. The zero-order chi connectivity index (χ0) is 14.2. The summed E-state index contributed by atoms with van der Waals surface area (Å²) in [5.74, 6) is -1.50. The lowest BCUT2D eigenvalue weighted by Crippen LogP contribution is -2.14. The van der Waals surface area contributed by atoms with Crippen LogP contribution in [0.2, 0.25) is 0 Å². The summed E-state index contributed by atoms with van der Waals surface area (Å²) in [6, 6.07) is 2.86. The van der Waals surface area contributed by atoms with Gasteiger partial charge in [-0.15, -0.1) is 0 Å². The molecule has 0 saturated heterocycles. The van der Waals surface area contributed by atoms with Crippen LogP contribution in [0.1, 0.15) is 24.2 Å². The Labute approximate surface area is 117 Å². The molecule has 0 bridgehead atoms. The first kappa shape index (κ1) is 13.7. The number of carbonyl (C=O) groups is 1. The van der Waals surface area contributed by atoms with E-state index in [-0.39, 0.29) is 16.1 Å². The SMILES string of the molecule is CC(C)Nc1c(C(=O)O)cnc2cc(F)c(Br)cc12. The fraction of sp³-hybridized carbons (Fsp3) is 0.231. The van der Waals surface area contributed by atoms with E-state index in [1.807, 2.05) is 13.8 Å². The number of pyridine rings is 1. The van der Waals surface area contributed by atoms with Crippen LogP contribution in [-0.4, -0.2) is 22.1 Å². The van der Waals surface area contributed by atoms with E-state index in [1.165, 1.54) is 18.3 Å². The first-order valence-corrected chi connectivity index (χ1v) is 6.47. The molecule has 1 aromatic heterocycles. The molecule has 0 saturated carbocycles. The van der Waals surface area contributed by atoms with Gasteiger partial charge in [0.1, 0.15) is 11.4 Å². The van der Waals surface area contributed by atoms with E-state index in [0.717, 1.165) is 0 Å². The number of carboxylic acid groups (broad SMARTS) is 1. The largest absolute Gasteiger partial charge is 0.478 e. The van der Waals surface area contributed by atoms with Gasteiger partial charge in [-0.3, -0.25) is 4.98 Å². The number of benzene rings is 1. The number of nitrogens with zero attached hydrogens (tertiary/aromatic N) is 1. The van der Waals surface area contributed by atoms with Crippen molar-refractivity contribution in [2.24, 2.45) is 0 Å². The summed E-state index contributed by atoms with van der Waals surface area (Å²) in [6.07, 6.45) is 1.24. The molecule has 0 atom stereocenters. The van der Waals surface area contributed by atoms with Crippen molar-refractivity contribution in [2.75, 3.05) is 5.32 Å². The van der Waals surface area contributed by atoms with Gasteiger partial charge >= 0.3 is 5.97 Å². The smallest absolute Gasteiger partial charge is 0.339 e. The van der Waals surface area contributed by atoms with Gasteiger partial charge in [-0.2, -0.15) is 0 Å². The number of hydrogen-bond donors (Lipinski definition) is 2. The second-order valence-corrected chi connectivity index (χ2v) is 5.29. The lowest BCUT2D eigenvalue weighted by atomic mass is 10.1. The Morgan fingerprint density at radius 3 is 2.74 bits per heavy atom. The first-order valence-electron chi connectivity index (χ1n) is 5.67. The summed E-state index contributed by atoms with van der Waals surface area (Å²) in [5.41, 5.74) is 0.932. The number of hydrogen-bond acceptors (Lipinski definition) is 3. The van der Waals surface area contributed by atoms with Crippen LogP contribution in [0.5, 0.6) is 0 Å². The van der Waals surface area contributed by atoms with Crippen molar-refractivity contribution in [3.8, 4) is 0 Å². The monoisotopic (exact) mass is 326 g/mol. The van der Waals surface area contributed by atoms with E-state index in [9.17, 15) is 14.3 Å². The van der Waals surface area contributed by atoms with Crippen LogP contribution in [0.15, 0.2) is 22.8 Å². The topological polar surface area (TPSA) is 62.2 Å². The van der Waals surface area contributed by atoms with Crippen molar-refractivity contribution in [2.45, 2.75) is 19.9 Å². The van der Waals surface area contributed by atoms with Crippen LogP contribution in [-0.2, 0) is 0 Å². The van der Waals surface area contributed by atoms with Gasteiger partial charge in [0.25, 0.3) is 0 Å². The van der Waals surface area contributed by atoms with E-state index in [1.54, 1.807) is 0 Å². The lowest BCUT2D eigenvalue weighted by molar-refractivity contribution is 0.0697. The van der Waals surface area contributed by atoms with Crippen molar-refractivity contribution in [1.82, 2.24) is 4.98 Å². The van der Waals surface area contributed by atoms with Gasteiger partial charge in [0.05, 0.1) is 15.7 Å². The Morgan fingerprint density at radius 1 is 1.47 bits per heavy atom. The molecule has 0 aliphatic heterocycles. The molecule has 1 aromatic carbocycles. The molecule has 2 rings (SSSR count). The van der Waals surface area contributed by atoms with Crippen LogP contribution in [0.3, 0.4) is 0 Å². The van der Waals surface area contributed by atoms with E-state index in [4.69, 9.17) is 0 Å². The van der Waals surface area contributed by atoms with Crippen LogP contribution >= 0.6 is 15.9 Å². The van der Waals surface area contributed by atoms with Crippen molar-refractivity contribution < 1.29 is 14.3 Å². The van der Waals surface area contributed by atoms with E-state index >= 15 is 0 Å². The normalized spacial score (nSPS) is 11.0. The molecule has 100 valence electrons. The van der Waals surface area contributed by atoms with E-state index in [0.29, 0.717) is 16.6 Å². The number of halogens is 2. The molecule has 0 unspecified atom stereocenters. The number of carboxylic acids is 1. The molecule has 2 aromatic rings. The zero-order valence-corrected chi connectivity index (χ0v) is 12.0. The zero-order valence-electron chi connectivity index (χ0n) is 10.4. The molecule has 0 spiro atoms. The second-order valence-electron chi connectivity index (χ2n) is 4.43. The molecule has 6 heteroatoms.